The molecular weight excluding hydrogens is 440 g/mol. The number of aromatic nitrogens is 2. The Labute approximate surface area is 164 Å². The lowest BCUT2D eigenvalue weighted by atomic mass is 10.2. The molecule has 1 saturated heterocycles. The smallest absolute Gasteiger partial charge is 0.261 e. The Morgan fingerprint density at radius 3 is 2.78 bits per heavy atom. The van der Waals surface area contributed by atoms with Gasteiger partial charge in [0.15, 0.2) is 0 Å². The molecule has 0 bridgehead atoms. The zero-order chi connectivity index (χ0) is 19.4. The van der Waals surface area contributed by atoms with Crippen molar-refractivity contribution < 1.29 is 17.9 Å². The molecule has 1 aliphatic rings. The Bertz CT molecular complexity index is 1000. The Morgan fingerprint density at radius 1 is 1.30 bits per heavy atom. The summed E-state index contributed by atoms with van der Waals surface area (Å²) in [5.74, 6) is -0.651. The number of hydrogen-bond acceptors (Lipinski definition) is 6. The van der Waals surface area contributed by atoms with Crippen LogP contribution in [0.4, 0.5) is 0 Å². The highest BCUT2D eigenvalue weighted by molar-refractivity contribution is 9.10. The van der Waals surface area contributed by atoms with Gasteiger partial charge in [-0.3, -0.25) is 14.2 Å². The van der Waals surface area contributed by atoms with E-state index in [4.69, 9.17) is 4.74 Å². The van der Waals surface area contributed by atoms with Crippen LogP contribution in [-0.4, -0.2) is 66.8 Å². The number of ether oxygens (including phenoxy) is 1. The lowest BCUT2D eigenvalue weighted by molar-refractivity contribution is -0.121. The summed E-state index contributed by atoms with van der Waals surface area (Å²) in [5.41, 5.74) is 0.203. The van der Waals surface area contributed by atoms with Crippen molar-refractivity contribution in [2.45, 2.75) is 6.54 Å². The van der Waals surface area contributed by atoms with E-state index in [1.165, 1.54) is 15.2 Å². The fourth-order valence-electron chi connectivity index (χ4n) is 2.73. The highest BCUT2D eigenvalue weighted by Gasteiger charge is 2.24. The van der Waals surface area contributed by atoms with E-state index in [2.05, 4.69) is 26.2 Å². The Balaban J connectivity index is 1.59. The van der Waals surface area contributed by atoms with Gasteiger partial charge in [0.25, 0.3) is 5.56 Å². The van der Waals surface area contributed by atoms with Gasteiger partial charge in [-0.05, 0) is 18.2 Å². The highest BCUT2D eigenvalue weighted by atomic mass is 79.9. The first-order valence-corrected chi connectivity index (χ1v) is 10.7. The number of amides is 1. The van der Waals surface area contributed by atoms with Crippen LogP contribution in [0.5, 0.6) is 0 Å². The van der Waals surface area contributed by atoms with Gasteiger partial charge in [-0.2, -0.15) is 4.31 Å². The molecule has 0 atom stereocenters. The molecule has 2 heterocycles. The van der Waals surface area contributed by atoms with E-state index in [9.17, 15) is 18.0 Å². The van der Waals surface area contributed by atoms with Gasteiger partial charge in [0.05, 0.1) is 36.2 Å². The molecular formula is C16H19BrN4O5S. The zero-order valence-corrected chi connectivity index (χ0v) is 16.8. The predicted octanol–water partition coefficient (Wildman–Crippen LogP) is -0.0628. The SMILES string of the molecule is O=C(Cn1cnc2ccc(Br)cc2c1=O)NCCS(=O)(=O)N1CCOCC1. The average Bonchev–Trinajstić information content (AvgIpc) is 2.65. The lowest BCUT2D eigenvalue weighted by Crippen LogP contribution is -2.44. The quantitative estimate of drug-likeness (QED) is 0.648. The largest absolute Gasteiger partial charge is 0.379 e. The average molecular weight is 459 g/mol. The topological polar surface area (TPSA) is 111 Å². The van der Waals surface area contributed by atoms with E-state index >= 15 is 0 Å². The molecule has 1 aromatic heterocycles. The van der Waals surface area contributed by atoms with Crippen molar-refractivity contribution in [3.8, 4) is 0 Å². The maximum absolute atomic E-state index is 12.5. The molecule has 3 rings (SSSR count). The second kappa shape index (κ2) is 8.46. The second-order valence-electron chi connectivity index (χ2n) is 6.02. The molecule has 1 fully saturated rings. The Kier molecular flexibility index (Phi) is 6.25. The number of morpholine rings is 1. The first-order valence-electron chi connectivity index (χ1n) is 8.34. The normalized spacial score (nSPS) is 15.7. The highest BCUT2D eigenvalue weighted by Crippen LogP contribution is 2.14. The molecule has 1 amide bonds. The molecule has 0 spiro atoms. The summed E-state index contributed by atoms with van der Waals surface area (Å²) in [6, 6.07) is 5.14. The maximum Gasteiger partial charge on any atom is 0.261 e. The van der Waals surface area contributed by atoms with Crippen molar-refractivity contribution in [3.05, 3.63) is 39.4 Å². The molecule has 0 radical (unpaired) electrons. The minimum atomic E-state index is -3.44. The number of benzene rings is 1. The Morgan fingerprint density at radius 2 is 2.04 bits per heavy atom. The third-order valence-corrected chi connectivity index (χ3v) is 6.51. The monoisotopic (exact) mass is 458 g/mol. The summed E-state index contributed by atoms with van der Waals surface area (Å²) in [6.07, 6.45) is 1.31. The van der Waals surface area contributed by atoms with Gasteiger partial charge in [-0.15, -0.1) is 0 Å². The Hall–Kier alpha value is -1.82. The van der Waals surface area contributed by atoms with Crippen LogP contribution in [0.25, 0.3) is 10.9 Å². The molecule has 1 aliphatic heterocycles. The van der Waals surface area contributed by atoms with Crippen LogP contribution in [0, 0.1) is 0 Å². The third kappa shape index (κ3) is 4.92. The molecule has 146 valence electrons. The van der Waals surface area contributed by atoms with Gasteiger partial charge in [0, 0.05) is 24.1 Å². The minimum absolute atomic E-state index is 0.0279. The number of nitrogens with one attached hydrogen (secondary N) is 1. The van der Waals surface area contributed by atoms with Crippen LogP contribution in [0.15, 0.2) is 33.8 Å². The molecule has 0 aliphatic carbocycles. The third-order valence-electron chi connectivity index (χ3n) is 4.15. The van der Waals surface area contributed by atoms with Crippen LogP contribution < -0.4 is 10.9 Å². The zero-order valence-electron chi connectivity index (χ0n) is 14.4. The van der Waals surface area contributed by atoms with Crippen molar-refractivity contribution in [1.29, 1.82) is 0 Å². The van der Waals surface area contributed by atoms with Crippen LogP contribution in [-0.2, 0) is 26.1 Å². The van der Waals surface area contributed by atoms with E-state index in [1.54, 1.807) is 18.2 Å². The van der Waals surface area contributed by atoms with Crippen molar-refractivity contribution in [2.24, 2.45) is 0 Å². The molecule has 11 heteroatoms. The number of carbonyl (C=O) groups excluding carboxylic acids is 1. The van der Waals surface area contributed by atoms with E-state index in [1.807, 2.05) is 0 Å². The van der Waals surface area contributed by atoms with Crippen LogP contribution in [0.2, 0.25) is 0 Å². The van der Waals surface area contributed by atoms with Gasteiger partial charge in [-0.1, -0.05) is 15.9 Å². The summed E-state index contributed by atoms with van der Waals surface area (Å²) >= 11 is 3.30. The molecule has 2 aromatic rings. The summed E-state index contributed by atoms with van der Waals surface area (Å²) in [6.45, 7) is 1.14. The van der Waals surface area contributed by atoms with Gasteiger partial charge in [0.2, 0.25) is 15.9 Å². The van der Waals surface area contributed by atoms with E-state index in [-0.39, 0.29) is 24.4 Å². The molecule has 1 aromatic carbocycles. The van der Waals surface area contributed by atoms with Gasteiger partial charge < -0.3 is 10.1 Å². The van der Waals surface area contributed by atoms with Crippen molar-refractivity contribution in [3.63, 3.8) is 0 Å². The van der Waals surface area contributed by atoms with Gasteiger partial charge in [-0.25, -0.2) is 13.4 Å². The summed E-state index contributed by atoms with van der Waals surface area (Å²) < 4.78 is 32.8. The first kappa shape index (κ1) is 19.9. The lowest BCUT2D eigenvalue weighted by Gasteiger charge is -2.26. The van der Waals surface area contributed by atoms with Gasteiger partial charge >= 0.3 is 0 Å². The van der Waals surface area contributed by atoms with Crippen molar-refractivity contribution in [2.75, 3.05) is 38.6 Å². The van der Waals surface area contributed by atoms with E-state index < -0.39 is 15.9 Å². The number of hydrogen-bond donors (Lipinski definition) is 1. The molecule has 0 unspecified atom stereocenters. The predicted molar refractivity (Wildman–Crippen MR) is 103 cm³/mol. The maximum atomic E-state index is 12.5. The van der Waals surface area contributed by atoms with Crippen LogP contribution >= 0.6 is 15.9 Å². The number of carbonyl (C=O) groups is 1. The molecule has 0 saturated carbocycles. The summed E-state index contributed by atoms with van der Waals surface area (Å²) in [7, 11) is -3.44. The fourth-order valence-corrected chi connectivity index (χ4v) is 4.41. The number of fused-ring (bicyclic) bond motifs is 1. The standard InChI is InChI=1S/C16H19BrN4O5S/c17-12-1-2-14-13(9-12)16(23)20(11-19-14)10-15(22)18-3-8-27(24,25)21-4-6-26-7-5-21/h1-2,9,11H,3-8,10H2,(H,18,22). The first-order chi connectivity index (χ1) is 12.9. The number of rotatable bonds is 6. The van der Waals surface area contributed by atoms with Crippen LogP contribution in [0.3, 0.4) is 0 Å². The number of nitrogens with zero attached hydrogens (tertiary/aromatic N) is 3. The van der Waals surface area contributed by atoms with Crippen LogP contribution in [0.1, 0.15) is 0 Å². The molecule has 1 N–H and O–H groups in total. The minimum Gasteiger partial charge on any atom is -0.379 e. The number of halogens is 1. The summed E-state index contributed by atoms with van der Waals surface area (Å²) in [4.78, 5) is 28.7. The second-order valence-corrected chi connectivity index (χ2v) is 9.02. The van der Waals surface area contributed by atoms with Crippen molar-refractivity contribution >= 4 is 42.8 Å². The van der Waals surface area contributed by atoms with E-state index in [0.29, 0.717) is 37.2 Å². The molecule has 27 heavy (non-hydrogen) atoms. The molecule has 9 nitrogen and oxygen atoms in total. The number of sulfonamides is 1. The fraction of sp³-hybridized carbons (Fsp3) is 0.438. The van der Waals surface area contributed by atoms with Gasteiger partial charge in [0.1, 0.15) is 6.54 Å². The summed E-state index contributed by atoms with van der Waals surface area (Å²) in [5, 5.41) is 2.94. The van der Waals surface area contributed by atoms with Crippen molar-refractivity contribution in [1.82, 2.24) is 19.2 Å². The van der Waals surface area contributed by atoms with E-state index in [0.717, 1.165) is 4.47 Å².